The Kier molecular flexibility index (Phi) is 4.99. The zero-order valence-corrected chi connectivity index (χ0v) is 13.1. The van der Waals surface area contributed by atoms with Gasteiger partial charge in [0.2, 0.25) is 11.8 Å². The molecule has 2 unspecified atom stereocenters. The summed E-state index contributed by atoms with van der Waals surface area (Å²) in [4.78, 5) is 26.0. The summed E-state index contributed by atoms with van der Waals surface area (Å²) in [5.74, 6) is 0.0536. The summed E-state index contributed by atoms with van der Waals surface area (Å²) >= 11 is 0. The largest absolute Gasteiger partial charge is 0.343 e. The number of anilines is 1. The molecule has 0 aliphatic carbocycles. The zero-order chi connectivity index (χ0) is 15.4. The molecule has 0 saturated carbocycles. The topological polar surface area (TPSA) is 49.4 Å². The first kappa shape index (κ1) is 15.5. The summed E-state index contributed by atoms with van der Waals surface area (Å²) in [5, 5.41) is 2.93. The van der Waals surface area contributed by atoms with Crippen molar-refractivity contribution >= 4 is 17.5 Å². The van der Waals surface area contributed by atoms with Crippen molar-refractivity contribution in [2.75, 3.05) is 12.4 Å². The third-order valence-corrected chi connectivity index (χ3v) is 4.46. The van der Waals surface area contributed by atoms with E-state index in [0.717, 1.165) is 24.1 Å². The highest BCUT2D eigenvalue weighted by Crippen LogP contribution is 2.27. The van der Waals surface area contributed by atoms with Crippen LogP contribution in [-0.2, 0) is 16.0 Å². The van der Waals surface area contributed by atoms with Crippen molar-refractivity contribution in [1.29, 1.82) is 0 Å². The highest BCUT2D eigenvalue weighted by molar-refractivity contribution is 5.96. The molecular formula is C17H24N2O2. The van der Waals surface area contributed by atoms with E-state index in [1.165, 1.54) is 0 Å². The van der Waals surface area contributed by atoms with Gasteiger partial charge in [-0.05, 0) is 37.8 Å². The van der Waals surface area contributed by atoms with Crippen molar-refractivity contribution in [3.8, 4) is 0 Å². The zero-order valence-electron chi connectivity index (χ0n) is 13.1. The van der Waals surface area contributed by atoms with Crippen LogP contribution in [0.1, 0.15) is 38.7 Å². The highest BCUT2D eigenvalue weighted by Gasteiger charge is 2.27. The number of nitrogens with one attached hydrogen (secondary N) is 1. The van der Waals surface area contributed by atoms with Gasteiger partial charge in [-0.2, -0.15) is 0 Å². The summed E-state index contributed by atoms with van der Waals surface area (Å²) in [6.07, 6.45) is 2.71. The van der Waals surface area contributed by atoms with Gasteiger partial charge in [0.1, 0.15) is 0 Å². The summed E-state index contributed by atoms with van der Waals surface area (Å²) < 4.78 is 0. The molecule has 1 N–H and O–H groups in total. The second-order valence-corrected chi connectivity index (χ2v) is 5.85. The molecule has 0 saturated heterocycles. The molecule has 0 fully saturated rings. The second-order valence-electron chi connectivity index (χ2n) is 5.85. The predicted octanol–water partition coefficient (Wildman–Crippen LogP) is 2.83. The van der Waals surface area contributed by atoms with E-state index in [1.807, 2.05) is 38.2 Å². The van der Waals surface area contributed by atoms with E-state index >= 15 is 0 Å². The maximum atomic E-state index is 12.1. The van der Waals surface area contributed by atoms with E-state index in [-0.39, 0.29) is 23.8 Å². The first-order valence-electron chi connectivity index (χ1n) is 7.67. The molecule has 4 nitrogen and oxygen atoms in total. The van der Waals surface area contributed by atoms with E-state index in [9.17, 15) is 9.59 Å². The Morgan fingerprint density at radius 2 is 2.14 bits per heavy atom. The van der Waals surface area contributed by atoms with E-state index in [1.54, 1.807) is 4.90 Å². The van der Waals surface area contributed by atoms with E-state index < -0.39 is 0 Å². The lowest BCUT2D eigenvalue weighted by molar-refractivity contribution is -0.132. The number of carbonyl (C=O) groups excluding carboxylic acids is 2. The van der Waals surface area contributed by atoms with Crippen molar-refractivity contribution < 1.29 is 9.59 Å². The smallest absolute Gasteiger partial charge is 0.227 e. The SMILES string of the molecule is CCC(C)N(C)C(=O)CCC1Cc2ccccc2NC1=O. The fourth-order valence-corrected chi connectivity index (χ4v) is 2.64. The van der Waals surface area contributed by atoms with Crippen LogP contribution in [0.5, 0.6) is 0 Å². The second kappa shape index (κ2) is 6.74. The fraction of sp³-hybridized carbons (Fsp3) is 0.529. The molecular weight excluding hydrogens is 264 g/mol. The molecule has 1 aromatic carbocycles. The van der Waals surface area contributed by atoms with E-state index in [4.69, 9.17) is 0 Å². The fourth-order valence-electron chi connectivity index (χ4n) is 2.64. The normalized spacial score (nSPS) is 18.6. The van der Waals surface area contributed by atoms with E-state index in [0.29, 0.717) is 12.8 Å². The van der Waals surface area contributed by atoms with Gasteiger partial charge in [0.25, 0.3) is 0 Å². The van der Waals surface area contributed by atoms with Gasteiger partial charge in [-0.15, -0.1) is 0 Å². The van der Waals surface area contributed by atoms with Crippen LogP contribution in [0, 0.1) is 5.92 Å². The minimum absolute atomic E-state index is 0.0349. The first-order chi connectivity index (χ1) is 10.0. The molecule has 4 heteroatoms. The molecule has 1 aliphatic heterocycles. The van der Waals surface area contributed by atoms with Gasteiger partial charge < -0.3 is 10.2 Å². The average Bonchev–Trinajstić information content (AvgIpc) is 2.50. The maximum absolute atomic E-state index is 12.1. The Bertz CT molecular complexity index is 527. The van der Waals surface area contributed by atoms with Gasteiger partial charge in [-0.25, -0.2) is 0 Å². The van der Waals surface area contributed by atoms with Crippen LogP contribution < -0.4 is 5.32 Å². The van der Waals surface area contributed by atoms with Crippen LogP contribution >= 0.6 is 0 Å². The number of benzene rings is 1. The molecule has 0 bridgehead atoms. The Hall–Kier alpha value is -1.84. The molecule has 2 amide bonds. The van der Waals surface area contributed by atoms with Crippen molar-refractivity contribution in [3.05, 3.63) is 29.8 Å². The number of rotatable bonds is 5. The van der Waals surface area contributed by atoms with Crippen molar-refractivity contribution in [3.63, 3.8) is 0 Å². The van der Waals surface area contributed by atoms with Gasteiger partial charge in [0.15, 0.2) is 0 Å². The lowest BCUT2D eigenvalue weighted by Gasteiger charge is -2.27. The molecule has 1 aromatic rings. The minimum Gasteiger partial charge on any atom is -0.343 e. The lowest BCUT2D eigenvalue weighted by Crippen LogP contribution is -2.36. The van der Waals surface area contributed by atoms with Crippen molar-refractivity contribution in [1.82, 2.24) is 4.90 Å². The van der Waals surface area contributed by atoms with Crippen molar-refractivity contribution in [2.45, 2.75) is 45.6 Å². The number of nitrogens with zero attached hydrogens (tertiary/aromatic N) is 1. The molecule has 2 rings (SSSR count). The number of hydrogen-bond donors (Lipinski definition) is 1. The van der Waals surface area contributed by atoms with Gasteiger partial charge in [-0.3, -0.25) is 9.59 Å². The van der Waals surface area contributed by atoms with Gasteiger partial charge >= 0.3 is 0 Å². The highest BCUT2D eigenvalue weighted by atomic mass is 16.2. The molecule has 1 heterocycles. The third kappa shape index (κ3) is 3.63. The van der Waals surface area contributed by atoms with Gasteiger partial charge in [0.05, 0.1) is 0 Å². The van der Waals surface area contributed by atoms with Crippen LogP contribution in [0.15, 0.2) is 24.3 Å². The number of para-hydroxylation sites is 1. The quantitative estimate of drug-likeness (QED) is 0.905. The van der Waals surface area contributed by atoms with Gasteiger partial charge in [0, 0.05) is 31.1 Å². The molecule has 0 spiro atoms. The number of amides is 2. The number of fused-ring (bicyclic) bond motifs is 1. The average molecular weight is 288 g/mol. The van der Waals surface area contributed by atoms with Gasteiger partial charge in [-0.1, -0.05) is 25.1 Å². The minimum atomic E-state index is -0.103. The lowest BCUT2D eigenvalue weighted by atomic mass is 9.89. The Morgan fingerprint density at radius 3 is 2.86 bits per heavy atom. The molecule has 1 aliphatic rings. The summed E-state index contributed by atoms with van der Waals surface area (Å²) in [5.41, 5.74) is 2.06. The molecule has 21 heavy (non-hydrogen) atoms. The summed E-state index contributed by atoms with van der Waals surface area (Å²) in [6, 6.07) is 8.11. The summed E-state index contributed by atoms with van der Waals surface area (Å²) in [7, 11) is 1.84. The molecule has 0 aromatic heterocycles. The Balaban J connectivity index is 1.92. The number of hydrogen-bond acceptors (Lipinski definition) is 2. The standard InChI is InChI=1S/C17H24N2O2/c1-4-12(2)19(3)16(20)10-9-14-11-13-7-5-6-8-15(13)18-17(14)21/h5-8,12,14H,4,9-11H2,1-3H3,(H,18,21). The van der Waals surface area contributed by atoms with Crippen LogP contribution in [-0.4, -0.2) is 29.8 Å². The monoisotopic (exact) mass is 288 g/mol. The molecule has 2 atom stereocenters. The molecule has 114 valence electrons. The van der Waals surface area contributed by atoms with Crippen molar-refractivity contribution in [2.24, 2.45) is 5.92 Å². The maximum Gasteiger partial charge on any atom is 0.227 e. The van der Waals surface area contributed by atoms with Crippen LogP contribution in [0.4, 0.5) is 5.69 Å². The number of carbonyl (C=O) groups is 2. The van der Waals surface area contributed by atoms with Crippen LogP contribution in [0.2, 0.25) is 0 Å². The first-order valence-corrected chi connectivity index (χ1v) is 7.67. The Labute approximate surface area is 126 Å². The molecule has 0 radical (unpaired) electrons. The summed E-state index contributed by atoms with van der Waals surface area (Å²) in [6.45, 7) is 4.11. The van der Waals surface area contributed by atoms with E-state index in [2.05, 4.69) is 12.2 Å². The Morgan fingerprint density at radius 1 is 1.43 bits per heavy atom. The van der Waals surface area contributed by atoms with Crippen LogP contribution in [0.3, 0.4) is 0 Å². The van der Waals surface area contributed by atoms with Crippen LogP contribution in [0.25, 0.3) is 0 Å². The third-order valence-electron chi connectivity index (χ3n) is 4.46. The predicted molar refractivity (Wildman–Crippen MR) is 84.0 cm³/mol.